The van der Waals surface area contributed by atoms with Crippen molar-refractivity contribution in [2.45, 2.75) is 29.6 Å². The Balaban J connectivity index is 2.89. The first kappa shape index (κ1) is 11.7. The van der Waals surface area contributed by atoms with Gasteiger partial charge in [0.2, 0.25) is 0 Å². The van der Waals surface area contributed by atoms with Crippen molar-refractivity contribution in [3.8, 4) is 0 Å². The Kier molecular flexibility index (Phi) is 4.91. The van der Waals surface area contributed by atoms with Crippen molar-refractivity contribution in [1.29, 1.82) is 0 Å². The van der Waals surface area contributed by atoms with E-state index in [9.17, 15) is 10.1 Å². The highest BCUT2D eigenvalue weighted by Crippen LogP contribution is 2.32. The van der Waals surface area contributed by atoms with Gasteiger partial charge in [-0.05, 0) is 19.3 Å². The van der Waals surface area contributed by atoms with Crippen molar-refractivity contribution < 1.29 is 4.92 Å². The average Bonchev–Trinajstić information content (AvgIpc) is 2.09. The minimum atomic E-state index is -0.210. The second kappa shape index (κ2) is 5.47. The number of rotatable bonds is 2. The molecule has 1 aliphatic carbocycles. The van der Waals surface area contributed by atoms with Crippen molar-refractivity contribution >= 4 is 45.2 Å². The first-order chi connectivity index (χ1) is 6.16. The van der Waals surface area contributed by atoms with Crippen molar-refractivity contribution in [1.82, 2.24) is 0 Å². The molecular weight excluding hydrogens is 396 g/mol. The Labute approximate surface area is 105 Å². The normalized spacial score (nSPS) is 27.1. The first-order valence-corrected chi connectivity index (χ1v) is 7.00. The van der Waals surface area contributed by atoms with Crippen molar-refractivity contribution in [3.05, 3.63) is 21.4 Å². The van der Waals surface area contributed by atoms with Crippen LogP contribution < -0.4 is 0 Å². The van der Waals surface area contributed by atoms with Gasteiger partial charge in [-0.3, -0.25) is 10.1 Å². The zero-order chi connectivity index (χ0) is 9.84. The molecule has 1 atom stereocenters. The number of hydrogen-bond donors (Lipinski definition) is 0. The van der Waals surface area contributed by atoms with Gasteiger partial charge in [0.1, 0.15) is 0 Å². The molecule has 0 aromatic rings. The van der Waals surface area contributed by atoms with Crippen LogP contribution in [0.2, 0.25) is 0 Å². The van der Waals surface area contributed by atoms with Gasteiger partial charge in [-0.25, -0.2) is 0 Å². The Morgan fingerprint density at radius 1 is 1.62 bits per heavy atom. The lowest BCUT2D eigenvalue weighted by molar-refractivity contribution is -0.424. The topological polar surface area (TPSA) is 43.1 Å². The summed E-state index contributed by atoms with van der Waals surface area (Å²) in [5.41, 5.74) is 1.52. The lowest BCUT2D eigenvalue weighted by atomic mass is 9.94. The molecule has 0 saturated heterocycles. The third kappa shape index (κ3) is 3.03. The summed E-state index contributed by atoms with van der Waals surface area (Å²) in [6, 6.07) is 0. The first-order valence-electron chi connectivity index (χ1n) is 4.23. The fourth-order valence-electron chi connectivity index (χ4n) is 1.55. The molecular formula is C8H11I2NO2. The molecule has 1 unspecified atom stereocenters. The molecule has 1 rings (SSSR count). The van der Waals surface area contributed by atoms with Crippen LogP contribution in [0.1, 0.15) is 25.7 Å². The van der Waals surface area contributed by atoms with Crippen LogP contribution in [0.5, 0.6) is 0 Å². The maximum atomic E-state index is 10.7. The van der Waals surface area contributed by atoms with Crippen molar-refractivity contribution in [2.75, 3.05) is 4.43 Å². The minimum Gasteiger partial charge on any atom is -0.259 e. The Hall–Kier alpha value is 0.600. The van der Waals surface area contributed by atoms with E-state index in [1.807, 2.05) is 0 Å². The van der Waals surface area contributed by atoms with E-state index in [0.29, 0.717) is 14.0 Å². The molecule has 13 heavy (non-hydrogen) atoms. The second-order valence-electron chi connectivity index (χ2n) is 3.08. The minimum absolute atomic E-state index is 0.210. The third-order valence-electron chi connectivity index (χ3n) is 2.25. The van der Waals surface area contributed by atoms with Gasteiger partial charge >= 0.3 is 0 Å². The van der Waals surface area contributed by atoms with Gasteiger partial charge in [0.15, 0.2) is 0 Å². The highest BCUT2D eigenvalue weighted by Gasteiger charge is 2.25. The fraction of sp³-hybridized carbons (Fsp3) is 0.750. The summed E-state index contributed by atoms with van der Waals surface area (Å²) in [5.74, 6) is 0. The maximum Gasteiger partial charge on any atom is 0.256 e. The van der Waals surface area contributed by atoms with E-state index in [1.165, 1.54) is 6.42 Å². The van der Waals surface area contributed by atoms with Gasteiger partial charge in [0.25, 0.3) is 5.70 Å². The molecule has 0 aliphatic heterocycles. The maximum absolute atomic E-state index is 10.7. The highest BCUT2D eigenvalue weighted by atomic mass is 127. The van der Waals surface area contributed by atoms with Crippen LogP contribution in [-0.2, 0) is 0 Å². The van der Waals surface area contributed by atoms with E-state index in [0.717, 1.165) is 24.8 Å². The fourth-order valence-corrected chi connectivity index (χ4v) is 3.43. The highest BCUT2D eigenvalue weighted by molar-refractivity contribution is 14.1. The molecule has 0 aromatic carbocycles. The van der Waals surface area contributed by atoms with E-state index in [4.69, 9.17) is 0 Å². The molecule has 1 saturated carbocycles. The molecule has 0 spiro atoms. The smallest absolute Gasteiger partial charge is 0.256 e. The number of allylic oxidation sites excluding steroid dienone is 2. The van der Waals surface area contributed by atoms with Crippen molar-refractivity contribution in [2.24, 2.45) is 0 Å². The number of hydrogen-bond acceptors (Lipinski definition) is 2. The van der Waals surface area contributed by atoms with Gasteiger partial charge in [-0.2, -0.15) is 0 Å². The van der Waals surface area contributed by atoms with Crippen LogP contribution in [0.3, 0.4) is 0 Å². The molecule has 0 heterocycles. The monoisotopic (exact) mass is 407 g/mol. The van der Waals surface area contributed by atoms with Gasteiger partial charge in [-0.15, -0.1) is 0 Å². The summed E-state index contributed by atoms with van der Waals surface area (Å²) < 4.78 is 0.918. The standard InChI is InChI=1S/C8H11I2NO2/c9-5-8(11(12)13)6-3-1-2-4-7(6)10/h7H,1-5H2/b8-6+. The number of nitrogens with zero attached hydrogens (tertiary/aromatic N) is 1. The molecule has 0 bridgehead atoms. The van der Waals surface area contributed by atoms with Crippen LogP contribution in [0.15, 0.2) is 11.3 Å². The van der Waals surface area contributed by atoms with Crippen LogP contribution in [-0.4, -0.2) is 13.3 Å². The predicted octanol–water partition coefficient (Wildman–Crippen LogP) is 3.33. The summed E-state index contributed by atoms with van der Waals surface area (Å²) >= 11 is 4.40. The molecule has 74 valence electrons. The second-order valence-corrected chi connectivity index (χ2v) is 5.34. The summed E-state index contributed by atoms with van der Waals surface area (Å²) in [4.78, 5) is 10.5. The SMILES string of the molecule is O=[N+]([O-])/C(CI)=C1\CCCCC1I. The number of alkyl halides is 2. The molecule has 0 aromatic heterocycles. The zero-order valence-corrected chi connectivity index (χ0v) is 11.4. The Morgan fingerprint density at radius 2 is 2.31 bits per heavy atom. The molecule has 0 radical (unpaired) electrons. The molecule has 1 fully saturated rings. The predicted molar refractivity (Wildman–Crippen MR) is 69.2 cm³/mol. The zero-order valence-electron chi connectivity index (χ0n) is 7.13. The van der Waals surface area contributed by atoms with Gasteiger partial charge in [-0.1, -0.05) is 51.6 Å². The van der Waals surface area contributed by atoms with E-state index >= 15 is 0 Å². The van der Waals surface area contributed by atoms with Crippen LogP contribution in [0.4, 0.5) is 0 Å². The van der Waals surface area contributed by atoms with Crippen LogP contribution >= 0.6 is 45.2 Å². The number of halogens is 2. The van der Waals surface area contributed by atoms with Gasteiger partial charge < -0.3 is 0 Å². The average molecular weight is 407 g/mol. The van der Waals surface area contributed by atoms with E-state index in [2.05, 4.69) is 45.2 Å². The Morgan fingerprint density at radius 3 is 2.77 bits per heavy atom. The summed E-state index contributed by atoms with van der Waals surface area (Å²) in [6.07, 6.45) is 4.35. The lowest BCUT2D eigenvalue weighted by Crippen LogP contribution is -2.15. The summed E-state index contributed by atoms with van der Waals surface area (Å²) in [6.45, 7) is 0. The van der Waals surface area contributed by atoms with E-state index in [1.54, 1.807) is 0 Å². The number of nitro groups is 1. The van der Waals surface area contributed by atoms with Gasteiger partial charge in [0.05, 0.1) is 9.35 Å². The molecule has 0 N–H and O–H groups in total. The van der Waals surface area contributed by atoms with Gasteiger partial charge in [0, 0.05) is 9.50 Å². The van der Waals surface area contributed by atoms with E-state index in [-0.39, 0.29) is 4.92 Å². The Bertz CT molecular complexity index is 240. The van der Waals surface area contributed by atoms with E-state index < -0.39 is 0 Å². The lowest BCUT2D eigenvalue weighted by Gasteiger charge is -2.19. The summed E-state index contributed by atoms with van der Waals surface area (Å²) in [7, 11) is 0. The molecule has 1 aliphatic rings. The molecule has 5 heteroatoms. The largest absolute Gasteiger partial charge is 0.259 e. The third-order valence-corrected chi connectivity index (χ3v) is 4.35. The molecule has 0 amide bonds. The molecule has 3 nitrogen and oxygen atoms in total. The van der Waals surface area contributed by atoms with Crippen LogP contribution in [0, 0.1) is 10.1 Å². The summed E-state index contributed by atoms with van der Waals surface area (Å²) in [5, 5.41) is 10.7. The van der Waals surface area contributed by atoms with Crippen molar-refractivity contribution in [3.63, 3.8) is 0 Å². The van der Waals surface area contributed by atoms with Crippen LogP contribution in [0.25, 0.3) is 0 Å². The quantitative estimate of drug-likeness (QED) is 0.305.